The smallest absolute Gasteiger partial charge is 0.338 e. The Balaban J connectivity index is 1.49. The fourth-order valence-electron chi connectivity index (χ4n) is 4.39. The van der Waals surface area contributed by atoms with Crippen molar-refractivity contribution in [2.45, 2.75) is 34.7 Å². The average Bonchev–Trinajstić information content (AvgIpc) is 3.29. The number of fused-ring (bicyclic) bond motifs is 1. The van der Waals surface area contributed by atoms with Gasteiger partial charge in [-0.3, -0.25) is 14.5 Å². The van der Waals surface area contributed by atoms with E-state index in [4.69, 9.17) is 34.8 Å². The first-order chi connectivity index (χ1) is 18.0. The van der Waals surface area contributed by atoms with E-state index in [9.17, 15) is 23.2 Å². The molecular weight excluding hydrogens is 581 g/mol. The Bertz CT molecular complexity index is 1490. The molecule has 5 rings (SSSR count). The topological polar surface area (TPSA) is 85.5 Å². The third-order valence-electron chi connectivity index (χ3n) is 6.24. The van der Waals surface area contributed by atoms with Crippen LogP contribution in [0.1, 0.15) is 33.6 Å². The van der Waals surface area contributed by atoms with E-state index in [1.807, 2.05) is 23.2 Å². The van der Waals surface area contributed by atoms with Crippen molar-refractivity contribution in [3.8, 4) is 0 Å². The zero-order valence-electron chi connectivity index (χ0n) is 19.5. The van der Waals surface area contributed by atoms with E-state index >= 15 is 0 Å². The minimum Gasteiger partial charge on any atom is -0.338 e. The van der Waals surface area contributed by atoms with Crippen molar-refractivity contribution < 1.29 is 18.4 Å². The summed E-state index contributed by atoms with van der Waals surface area (Å²) >= 11 is 18.5. The predicted molar refractivity (Wildman–Crippen MR) is 143 cm³/mol. The van der Waals surface area contributed by atoms with Gasteiger partial charge in [0.15, 0.2) is 0 Å². The van der Waals surface area contributed by atoms with E-state index < -0.39 is 22.5 Å². The number of halogens is 5. The Morgan fingerprint density at radius 1 is 1.03 bits per heavy atom. The molecule has 0 bridgehead atoms. The van der Waals surface area contributed by atoms with Crippen molar-refractivity contribution >= 4 is 64.2 Å². The van der Waals surface area contributed by atoms with Gasteiger partial charge in [0.25, 0.3) is 11.5 Å². The van der Waals surface area contributed by atoms with Gasteiger partial charge in [-0.05, 0) is 59.5 Å². The van der Waals surface area contributed by atoms with Crippen molar-refractivity contribution in [2.75, 3.05) is 18.0 Å². The Morgan fingerprint density at radius 2 is 1.74 bits per heavy atom. The highest BCUT2D eigenvalue weighted by Crippen LogP contribution is 2.42. The minimum atomic E-state index is -3.87. The molecule has 7 nitrogen and oxygen atoms in total. The van der Waals surface area contributed by atoms with Gasteiger partial charge in [0.05, 0.1) is 10.0 Å². The molecule has 0 spiro atoms. The summed E-state index contributed by atoms with van der Waals surface area (Å²) in [5.74, 6) is -0.658. The number of hydrogen-bond acceptors (Lipinski definition) is 4. The Morgan fingerprint density at radius 3 is 2.42 bits per heavy atom. The highest BCUT2D eigenvalue weighted by Gasteiger charge is 2.34. The predicted octanol–water partition coefficient (Wildman–Crippen LogP) is 6.20. The van der Waals surface area contributed by atoms with E-state index in [2.05, 4.69) is 5.32 Å². The second-order valence-corrected chi connectivity index (χ2v) is 11.1. The molecule has 2 N–H and O–H groups in total. The number of urea groups is 1. The molecule has 198 valence electrons. The van der Waals surface area contributed by atoms with E-state index in [0.29, 0.717) is 23.7 Å². The van der Waals surface area contributed by atoms with Gasteiger partial charge in [0.1, 0.15) is 11.3 Å². The molecule has 1 fully saturated rings. The Hall–Kier alpha value is -2.79. The number of aromatic amines is 1. The van der Waals surface area contributed by atoms with E-state index in [0.717, 1.165) is 35.4 Å². The molecule has 0 aliphatic carbocycles. The van der Waals surface area contributed by atoms with Gasteiger partial charge >= 0.3 is 11.4 Å². The van der Waals surface area contributed by atoms with Gasteiger partial charge in [-0.2, -0.15) is 8.78 Å². The van der Waals surface area contributed by atoms with Crippen LogP contribution in [0.5, 0.6) is 0 Å². The first-order valence-corrected chi connectivity index (χ1v) is 13.4. The van der Waals surface area contributed by atoms with Gasteiger partial charge in [-0.25, -0.2) is 4.79 Å². The number of pyridine rings is 1. The van der Waals surface area contributed by atoms with Gasteiger partial charge in [0.2, 0.25) is 0 Å². The van der Waals surface area contributed by atoms with Crippen LogP contribution in [0.3, 0.4) is 0 Å². The van der Waals surface area contributed by atoms with Crippen LogP contribution in [0.4, 0.5) is 19.3 Å². The number of nitrogens with one attached hydrogen (secondary N) is 2. The van der Waals surface area contributed by atoms with Crippen LogP contribution in [0.2, 0.25) is 10.0 Å². The standard InChI is InChI=1S/C25H19Cl3F2N4O3S/c26-16-3-1-4-17(27)21(16)38-18-10-19(25(28,29)30)32-22(35)20(18)23(36)33-11-13-5-6-15(9-14(13)12-33)34-8-2-7-31-24(34)37/h1,3-6,9-10H,2,7-8,11-12H2,(H,31,37)(H,32,35). The van der Waals surface area contributed by atoms with Crippen molar-refractivity contribution in [1.82, 2.24) is 15.2 Å². The van der Waals surface area contributed by atoms with Crippen LogP contribution >= 0.6 is 46.6 Å². The summed E-state index contributed by atoms with van der Waals surface area (Å²) in [5.41, 5.74) is 0.160. The number of rotatable bonds is 5. The molecule has 13 heteroatoms. The molecule has 1 saturated heterocycles. The second kappa shape index (κ2) is 10.4. The zero-order chi connectivity index (χ0) is 27.2. The lowest BCUT2D eigenvalue weighted by Gasteiger charge is -2.27. The number of anilines is 1. The lowest BCUT2D eigenvalue weighted by atomic mass is 10.1. The number of carbonyl (C=O) groups excluding carboxylic acids is 2. The van der Waals surface area contributed by atoms with Crippen molar-refractivity contribution in [3.63, 3.8) is 0 Å². The van der Waals surface area contributed by atoms with Crippen molar-refractivity contribution in [3.05, 3.63) is 85.2 Å². The SMILES string of the molecule is O=C(c1c(Sc2c(Cl)cccc2Cl)cc(C(F)(F)Cl)[nH]c1=O)N1Cc2ccc(N3CCCNC3=O)cc2C1. The Kier molecular flexibility index (Phi) is 7.34. The number of hydrogen-bond donors (Lipinski definition) is 2. The van der Waals surface area contributed by atoms with Gasteiger partial charge < -0.3 is 15.2 Å². The number of nitrogens with zero attached hydrogens (tertiary/aromatic N) is 2. The maximum absolute atomic E-state index is 13.9. The first kappa shape index (κ1) is 26.8. The van der Waals surface area contributed by atoms with Crippen molar-refractivity contribution in [2.24, 2.45) is 0 Å². The second-order valence-electron chi connectivity index (χ2n) is 8.75. The number of H-pyrrole nitrogens is 1. The van der Waals surface area contributed by atoms with Crippen LogP contribution in [-0.4, -0.2) is 34.9 Å². The number of carbonyl (C=O) groups is 2. The largest absolute Gasteiger partial charge is 0.362 e. The molecule has 2 aliphatic heterocycles. The number of amides is 3. The quantitative estimate of drug-likeness (QED) is 0.342. The summed E-state index contributed by atoms with van der Waals surface area (Å²) in [6, 6.07) is 11.0. The van der Waals surface area contributed by atoms with Crippen LogP contribution < -0.4 is 15.8 Å². The van der Waals surface area contributed by atoms with E-state index in [1.54, 1.807) is 23.1 Å². The summed E-state index contributed by atoms with van der Waals surface area (Å²) in [6.45, 7) is 1.56. The summed E-state index contributed by atoms with van der Waals surface area (Å²) in [6.07, 6.45) is 0.809. The summed E-state index contributed by atoms with van der Waals surface area (Å²) in [7, 11) is 0. The first-order valence-electron chi connectivity index (χ1n) is 11.5. The maximum atomic E-state index is 13.9. The molecule has 0 atom stereocenters. The molecular formula is C25H19Cl3F2N4O3S. The molecule has 0 saturated carbocycles. The molecule has 0 radical (unpaired) electrons. The molecule has 2 aromatic carbocycles. The fraction of sp³-hybridized carbons (Fsp3) is 0.240. The van der Waals surface area contributed by atoms with Gasteiger partial charge in [0, 0.05) is 41.7 Å². The molecule has 0 unspecified atom stereocenters. The number of alkyl halides is 3. The zero-order valence-corrected chi connectivity index (χ0v) is 22.6. The summed E-state index contributed by atoms with van der Waals surface area (Å²) < 4.78 is 27.9. The molecule has 3 aromatic rings. The molecule has 1 aromatic heterocycles. The van der Waals surface area contributed by atoms with Crippen molar-refractivity contribution in [1.29, 1.82) is 0 Å². The van der Waals surface area contributed by atoms with Gasteiger partial charge in [-0.15, -0.1) is 0 Å². The number of aromatic nitrogens is 1. The van der Waals surface area contributed by atoms with Crippen LogP contribution in [0, 0.1) is 0 Å². The van der Waals surface area contributed by atoms with Gasteiger partial charge in [-0.1, -0.05) is 47.1 Å². The highest BCUT2D eigenvalue weighted by atomic mass is 35.5. The maximum Gasteiger partial charge on any atom is 0.362 e. The minimum absolute atomic E-state index is 0.0642. The highest BCUT2D eigenvalue weighted by molar-refractivity contribution is 7.99. The summed E-state index contributed by atoms with van der Waals surface area (Å²) in [5, 5.41) is -0.621. The van der Waals surface area contributed by atoms with Crippen LogP contribution in [0.15, 0.2) is 57.1 Å². The third-order valence-corrected chi connectivity index (χ3v) is 8.48. The molecule has 2 aliphatic rings. The van der Waals surface area contributed by atoms with E-state index in [1.165, 1.54) is 4.90 Å². The fourth-order valence-corrected chi connectivity index (χ4v) is 6.13. The van der Waals surface area contributed by atoms with Crippen LogP contribution in [-0.2, 0) is 18.5 Å². The molecule has 3 amide bonds. The average molecular weight is 600 g/mol. The molecule has 38 heavy (non-hydrogen) atoms. The lowest BCUT2D eigenvalue weighted by Crippen LogP contribution is -2.46. The monoisotopic (exact) mass is 598 g/mol. The number of benzene rings is 2. The third kappa shape index (κ3) is 5.22. The lowest BCUT2D eigenvalue weighted by molar-refractivity contribution is 0.0740. The Labute approximate surface area is 235 Å². The van der Waals surface area contributed by atoms with E-state index in [-0.39, 0.29) is 39.6 Å². The molecule has 3 heterocycles. The summed E-state index contributed by atoms with van der Waals surface area (Å²) in [4.78, 5) is 44.3. The van der Waals surface area contributed by atoms with Crippen LogP contribution in [0.25, 0.3) is 0 Å². The normalized spacial score (nSPS) is 15.4.